The van der Waals surface area contributed by atoms with Gasteiger partial charge in [0.25, 0.3) is 0 Å². The van der Waals surface area contributed by atoms with E-state index in [1.54, 1.807) is 0 Å². The minimum Gasteiger partial charge on any atom is -0.494 e. The van der Waals surface area contributed by atoms with Gasteiger partial charge >= 0.3 is 0 Å². The van der Waals surface area contributed by atoms with Crippen LogP contribution in [0.1, 0.15) is 18.4 Å². The molecule has 6 heteroatoms. The molecule has 2 aromatic carbocycles. The Morgan fingerprint density at radius 3 is 2.04 bits per heavy atom. The van der Waals surface area contributed by atoms with E-state index < -0.39 is 0 Å². The van der Waals surface area contributed by atoms with Crippen molar-refractivity contribution < 1.29 is 14.9 Å². The lowest BCUT2D eigenvalue weighted by Gasteiger charge is -2.06. The van der Waals surface area contributed by atoms with Crippen molar-refractivity contribution in [1.82, 2.24) is 5.32 Å². The SMILES string of the molecule is OCCNCCCCOc1ccc(N=Nc2ccc(CCO)cc2)cc1. The summed E-state index contributed by atoms with van der Waals surface area (Å²) in [4.78, 5) is 0. The zero-order valence-corrected chi connectivity index (χ0v) is 15.0. The summed E-state index contributed by atoms with van der Waals surface area (Å²) in [6.45, 7) is 2.53. The summed E-state index contributed by atoms with van der Waals surface area (Å²) in [7, 11) is 0. The number of aliphatic hydroxyl groups is 2. The quantitative estimate of drug-likeness (QED) is 0.401. The highest BCUT2D eigenvalue weighted by molar-refractivity contribution is 5.43. The van der Waals surface area contributed by atoms with E-state index in [0.29, 0.717) is 19.6 Å². The zero-order chi connectivity index (χ0) is 18.5. The normalized spacial score (nSPS) is 11.2. The molecular formula is C20H27N3O3. The van der Waals surface area contributed by atoms with Crippen molar-refractivity contribution >= 4 is 11.4 Å². The van der Waals surface area contributed by atoms with Gasteiger partial charge in [0.1, 0.15) is 5.75 Å². The predicted octanol–water partition coefficient (Wildman–Crippen LogP) is 3.38. The molecule has 0 aliphatic rings. The Balaban J connectivity index is 1.72. The van der Waals surface area contributed by atoms with Crippen LogP contribution in [0.4, 0.5) is 11.4 Å². The number of hydrogen-bond acceptors (Lipinski definition) is 6. The second-order valence-electron chi connectivity index (χ2n) is 5.86. The van der Waals surface area contributed by atoms with Gasteiger partial charge in [-0.15, -0.1) is 0 Å². The monoisotopic (exact) mass is 357 g/mol. The summed E-state index contributed by atoms with van der Waals surface area (Å²) in [6, 6.07) is 15.2. The van der Waals surface area contributed by atoms with Crippen molar-refractivity contribution in [2.24, 2.45) is 10.2 Å². The largest absolute Gasteiger partial charge is 0.494 e. The topological polar surface area (TPSA) is 86.4 Å². The first-order valence-corrected chi connectivity index (χ1v) is 8.98. The Morgan fingerprint density at radius 1 is 0.769 bits per heavy atom. The van der Waals surface area contributed by atoms with E-state index >= 15 is 0 Å². The van der Waals surface area contributed by atoms with Crippen LogP contribution < -0.4 is 10.1 Å². The van der Waals surface area contributed by atoms with Crippen LogP contribution >= 0.6 is 0 Å². The predicted molar refractivity (Wildman–Crippen MR) is 103 cm³/mol. The Labute approximate surface area is 154 Å². The van der Waals surface area contributed by atoms with Crippen molar-refractivity contribution in [2.75, 3.05) is 32.9 Å². The molecule has 0 saturated heterocycles. The van der Waals surface area contributed by atoms with E-state index in [4.69, 9.17) is 14.9 Å². The number of nitrogens with one attached hydrogen (secondary N) is 1. The van der Waals surface area contributed by atoms with Crippen LogP contribution in [0.3, 0.4) is 0 Å². The van der Waals surface area contributed by atoms with Gasteiger partial charge in [-0.05, 0) is 67.8 Å². The molecule has 0 aliphatic heterocycles. The lowest BCUT2D eigenvalue weighted by molar-refractivity contribution is 0.286. The molecular weight excluding hydrogens is 330 g/mol. The van der Waals surface area contributed by atoms with Crippen molar-refractivity contribution in [1.29, 1.82) is 0 Å². The van der Waals surface area contributed by atoms with Crippen LogP contribution in [0.25, 0.3) is 0 Å². The van der Waals surface area contributed by atoms with Crippen LogP contribution in [0.5, 0.6) is 5.75 Å². The molecule has 6 nitrogen and oxygen atoms in total. The number of unbranched alkanes of at least 4 members (excludes halogenated alkanes) is 1. The van der Waals surface area contributed by atoms with Crippen LogP contribution in [0, 0.1) is 0 Å². The van der Waals surface area contributed by atoms with Crippen molar-refractivity contribution in [3.05, 3.63) is 54.1 Å². The first-order valence-electron chi connectivity index (χ1n) is 8.98. The minimum absolute atomic E-state index is 0.149. The molecule has 0 spiro atoms. The fourth-order valence-corrected chi connectivity index (χ4v) is 2.33. The summed E-state index contributed by atoms with van der Waals surface area (Å²) in [6.07, 6.45) is 2.63. The number of ether oxygens (including phenoxy) is 1. The zero-order valence-electron chi connectivity index (χ0n) is 15.0. The number of hydrogen-bond donors (Lipinski definition) is 3. The second kappa shape index (κ2) is 12.1. The highest BCUT2D eigenvalue weighted by atomic mass is 16.5. The highest BCUT2D eigenvalue weighted by Crippen LogP contribution is 2.21. The van der Waals surface area contributed by atoms with E-state index in [-0.39, 0.29) is 13.2 Å². The summed E-state index contributed by atoms with van der Waals surface area (Å²) in [5, 5.41) is 29.2. The summed E-state index contributed by atoms with van der Waals surface area (Å²) in [5.41, 5.74) is 2.63. The van der Waals surface area contributed by atoms with Crippen molar-refractivity contribution in [3.63, 3.8) is 0 Å². The fraction of sp³-hybridized carbons (Fsp3) is 0.400. The third-order valence-electron chi connectivity index (χ3n) is 3.76. The maximum atomic E-state index is 8.91. The lowest BCUT2D eigenvalue weighted by Crippen LogP contribution is -2.19. The first kappa shape index (κ1) is 20.0. The molecule has 0 saturated carbocycles. The van der Waals surface area contributed by atoms with Crippen LogP contribution in [-0.2, 0) is 6.42 Å². The van der Waals surface area contributed by atoms with E-state index in [2.05, 4.69) is 15.5 Å². The molecule has 2 rings (SSSR count). The average Bonchev–Trinajstić information content (AvgIpc) is 2.68. The number of azo groups is 1. The third-order valence-corrected chi connectivity index (χ3v) is 3.76. The maximum absolute atomic E-state index is 8.91. The Hall–Kier alpha value is -2.28. The Kier molecular flexibility index (Phi) is 9.35. The van der Waals surface area contributed by atoms with Gasteiger partial charge in [-0.25, -0.2) is 0 Å². The number of nitrogens with zero attached hydrogens (tertiary/aromatic N) is 2. The minimum atomic E-state index is 0.149. The van der Waals surface area contributed by atoms with Gasteiger partial charge in [0.2, 0.25) is 0 Å². The standard InChI is InChI=1S/C20H27N3O3/c24-14-11-17-3-5-18(6-4-17)22-23-19-7-9-20(10-8-19)26-16-2-1-12-21-13-15-25/h3-10,21,24-25H,1-2,11-16H2. The van der Waals surface area contributed by atoms with Gasteiger partial charge in [-0.3, -0.25) is 0 Å². The molecule has 140 valence electrons. The molecule has 0 aromatic heterocycles. The molecule has 0 bridgehead atoms. The first-order chi connectivity index (χ1) is 12.8. The molecule has 0 heterocycles. The van der Waals surface area contributed by atoms with Gasteiger partial charge in [0.15, 0.2) is 0 Å². The van der Waals surface area contributed by atoms with Gasteiger partial charge in [0, 0.05) is 13.2 Å². The smallest absolute Gasteiger partial charge is 0.119 e. The Bertz CT molecular complexity index is 642. The van der Waals surface area contributed by atoms with Gasteiger partial charge < -0.3 is 20.3 Å². The number of rotatable bonds is 12. The molecule has 3 N–H and O–H groups in total. The summed E-state index contributed by atoms with van der Waals surface area (Å²) < 4.78 is 5.70. The molecule has 0 aliphatic carbocycles. The van der Waals surface area contributed by atoms with Crippen LogP contribution in [0.15, 0.2) is 58.8 Å². The van der Waals surface area contributed by atoms with Gasteiger partial charge in [-0.2, -0.15) is 10.2 Å². The van der Waals surface area contributed by atoms with Gasteiger partial charge in [0.05, 0.1) is 24.6 Å². The third kappa shape index (κ3) is 7.74. The molecule has 0 atom stereocenters. The van der Waals surface area contributed by atoms with Gasteiger partial charge in [-0.1, -0.05) is 12.1 Å². The fourth-order valence-electron chi connectivity index (χ4n) is 2.33. The summed E-state index contributed by atoms with van der Waals surface area (Å²) in [5.74, 6) is 0.820. The lowest BCUT2D eigenvalue weighted by atomic mass is 10.1. The average molecular weight is 357 g/mol. The van der Waals surface area contributed by atoms with Crippen LogP contribution in [-0.4, -0.2) is 43.1 Å². The van der Waals surface area contributed by atoms with E-state index in [9.17, 15) is 0 Å². The van der Waals surface area contributed by atoms with Crippen molar-refractivity contribution in [2.45, 2.75) is 19.3 Å². The molecule has 0 radical (unpaired) electrons. The van der Waals surface area contributed by atoms with E-state index in [1.807, 2.05) is 48.5 Å². The molecule has 2 aromatic rings. The van der Waals surface area contributed by atoms with E-state index in [1.165, 1.54) is 0 Å². The molecule has 0 fully saturated rings. The second-order valence-corrected chi connectivity index (χ2v) is 5.86. The number of benzene rings is 2. The van der Waals surface area contributed by atoms with Crippen molar-refractivity contribution in [3.8, 4) is 5.75 Å². The van der Waals surface area contributed by atoms with Crippen LogP contribution in [0.2, 0.25) is 0 Å². The highest BCUT2D eigenvalue weighted by Gasteiger charge is 1.97. The summed E-state index contributed by atoms with van der Waals surface area (Å²) >= 11 is 0. The Morgan fingerprint density at radius 2 is 1.42 bits per heavy atom. The van der Waals surface area contributed by atoms with E-state index in [0.717, 1.165) is 42.1 Å². The number of aliphatic hydroxyl groups excluding tert-OH is 2. The maximum Gasteiger partial charge on any atom is 0.119 e. The molecule has 0 unspecified atom stereocenters. The molecule has 0 amide bonds. The molecule has 26 heavy (non-hydrogen) atoms.